The number of hydrogen-bond donors (Lipinski definition) is 0. The van der Waals surface area contributed by atoms with Crippen LogP contribution in [-0.2, 0) is 0 Å². The molecule has 0 aliphatic carbocycles. The topological polar surface area (TPSA) is 23.6 Å². The lowest BCUT2D eigenvalue weighted by atomic mass is 10.0. The first-order valence-corrected chi connectivity index (χ1v) is 4.45. The smallest absolute Gasteiger partial charge is 0.316 e. The van der Waals surface area contributed by atoms with Gasteiger partial charge in [0, 0.05) is 19.3 Å². The van der Waals surface area contributed by atoms with Gasteiger partial charge in [-0.3, -0.25) is 4.90 Å². The third-order valence-corrected chi connectivity index (χ3v) is 2.85. The van der Waals surface area contributed by atoms with Crippen molar-refractivity contribution in [3.05, 3.63) is 12.3 Å². The number of carbonyl (C=O) groups excluding carboxylic acids is 1. The van der Waals surface area contributed by atoms with E-state index in [1.165, 1.54) is 6.42 Å². The zero-order valence-electron chi connectivity index (χ0n) is 7.42. The third kappa shape index (κ3) is 0.854. The lowest BCUT2D eigenvalue weighted by Crippen LogP contribution is -2.37. The molecule has 2 saturated heterocycles. The maximum absolute atomic E-state index is 11.5. The molecular formula is C9H14N2O. The lowest BCUT2D eigenvalue weighted by molar-refractivity contribution is 0.178. The Balaban J connectivity index is 2.25. The van der Waals surface area contributed by atoms with E-state index in [0.29, 0.717) is 6.04 Å². The van der Waals surface area contributed by atoms with Crippen LogP contribution < -0.4 is 0 Å². The van der Waals surface area contributed by atoms with Crippen molar-refractivity contribution in [1.82, 2.24) is 9.80 Å². The summed E-state index contributed by atoms with van der Waals surface area (Å²) in [6.45, 7) is 4.84. The summed E-state index contributed by atoms with van der Waals surface area (Å²) in [6, 6.07) is 0.431. The Kier molecular flexibility index (Phi) is 1.60. The SMILES string of the molecule is C=C1C2CCCCN2C(=O)N1C. The molecule has 0 aromatic heterocycles. The Hall–Kier alpha value is -0.990. The van der Waals surface area contributed by atoms with Crippen molar-refractivity contribution in [1.29, 1.82) is 0 Å². The van der Waals surface area contributed by atoms with Crippen molar-refractivity contribution >= 4 is 6.03 Å². The number of piperidine rings is 1. The van der Waals surface area contributed by atoms with Crippen molar-refractivity contribution in [3.63, 3.8) is 0 Å². The highest BCUT2D eigenvalue weighted by Gasteiger charge is 2.39. The van der Waals surface area contributed by atoms with Crippen molar-refractivity contribution in [2.45, 2.75) is 25.3 Å². The molecule has 2 heterocycles. The van der Waals surface area contributed by atoms with Gasteiger partial charge in [0.2, 0.25) is 0 Å². The first-order valence-electron chi connectivity index (χ1n) is 4.45. The quantitative estimate of drug-likeness (QED) is 0.534. The van der Waals surface area contributed by atoms with Crippen LogP contribution in [0.25, 0.3) is 0 Å². The number of fused-ring (bicyclic) bond motifs is 1. The van der Waals surface area contributed by atoms with Crippen LogP contribution in [0.15, 0.2) is 12.3 Å². The molecule has 0 aromatic carbocycles. The molecular weight excluding hydrogens is 152 g/mol. The van der Waals surface area contributed by atoms with E-state index < -0.39 is 0 Å². The van der Waals surface area contributed by atoms with Crippen LogP contribution >= 0.6 is 0 Å². The predicted octanol–water partition coefficient (Wildman–Crippen LogP) is 1.42. The van der Waals surface area contributed by atoms with E-state index in [1.54, 1.807) is 4.90 Å². The molecule has 0 bridgehead atoms. The monoisotopic (exact) mass is 166 g/mol. The molecule has 2 rings (SSSR count). The van der Waals surface area contributed by atoms with E-state index in [0.717, 1.165) is 25.1 Å². The van der Waals surface area contributed by atoms with Crippen LogP contribution in [0.5, 0.6) is 0 Å². The van der Waals surface area contributed by atoms with Gasteiger partial charge < -0.3 is 4.90 Å². The highest BCUT2D eigenvalue weighted by molar-refractivity contribution is 5.80. The summed E-state index contributed by atoms with van der Waals surface area (Å²) in [6.07, 6.45) is 3.46. The number of amides is 2. The lowest BCUT2D eigenvalue weighted by Gasteiger charge is -2.27. The van der Waals surface area contributed by atoms with Gasteiger partial charge in [-0.1, -0.05) is 6.58 Å². The molecule has 0 radical (unpaired) electrons. The standard InChI is InChI=1S/C9H14N2O/c1-7-8-5-3-4-6-11(8)9(12)10(7)2/h8H,1,3-6H2,2H3. The van der Waals surface area contributed by atoms with E-state index in [1.807, 2.05) is 11.9 Å². The highest BCUT2D eigenvalue weighted by Crippen LogP contribution is 2.30. The first-order chi connectivity index (χ1) is 5.72. The molecule has 2 fully saturated rings. The molecule has 1 atom stereocenters. The number of likely N-dealkylation sites (N-methyl/N-ethyl adjacent to an activating group) is 1. The van der Waals surface area contributed by atoms with Gasteiger partial charge in [-0.05, 0) is 19.3 Å². The van der Waals surface area contributed by atoms with Gasteiger partial charge in [-0.15, -0.1) is 0 Å². The minimum atomic E-state index is 0.129. The van der Waals surface area contributed by atoms with Crippen LogP contribution in [0.2, 0.25) is 0 Å². The first kappa shape index (κ1) is 7.65. The summed E-state index contributed by atoms with van der Waals surface area (Å²) < 4.78 is 0. The van der Waals surface area contributed by atoms with Crippen molar-refractivity contribution in [3.8, 4) is 0 Å². The summed E-state index contributed by atoms with van der Waals surface area (Å²) in [7, 11) is 1.81. The fourth-order valence-corrected chi connectivity index (χ4v) is 2.05. The molecule has 2 amide bonds. The maximum Gasteiger partial charge on any atom is 0.324 e. The molecule has 66 valence electrons. The van der Waals surface area contributed by atoms with Gasteiger partial charge >= 0.3 is 6.03 Å². The number of hydrogen-bond acceptors (Lipinski definition) is 1. The second kappa shape index (κ2) is 2.51. The molecule has 0 saturated carbocycles. The van der Waals surface area contributed by atoms with Gasteiger partial charge in [0.1, 0.15) is 0 Å². The molecule has 1 unspecified atom stereocenters. The zero-order chi connectivity index (χ0) is 8.72. The molecule has 3 heteroatoms. The van der Waals surface area contributed by atoms with Gasteiger partial charge in [0.05, 0.1) is 6.04 Å². The van der Waals surface area contributed by atoms with E-state index >= 15 is 0 Å². The third-order valence-electron chi connectivity index (χ3n) is 2.85. The molecule has 2 aliphatic heterocycles. The van der Waals surface area contributed by atoms with Crippen molar-refractivity contribution in [2.75, 3.05) is 13.6 Å². The van der Waals surface area contributed by atoms with E-state index in [2.05, 4.69) is 6.58 Å². The summed E-state index contributed by atoms with van der Waals surface area (Å²) in [5, 5.41) is 0. The molecule has 12 heavy (non-hydrogen) atoms. The average molecular weight is 166 g/mol. The molecule has 2 aliphatic rings. The van der Waals surface area contributed by atoms with Crippen LogP contribution in [0, 0.1) is 0 Å². The largest absolute Gasteiger partial charge is 0.324 e. The second-order valence-corrected chi connectivity index (χ2v) is 3.54. The average Bonchev–Trinajstić information content (AvgIpc) is 2.33. The molecule has 0 aromatic rings. The number of rotatable bonds is 0. The minimum absolute atomic E-state index is 0.129. The second-order valence-electron chi connectivity index (χ2n) is 3.54. The fraction of sp³-hybridized carbons (Fsp3) is 0.667. The van der Waals surface area contributed by atoms with Crippen LogP contribution in [0.3, 0.4) is 0 Å². The van der Waals surface area contributed by atoms with Crippen LogP contribution in [-0.4, -0.2) is 35.5 Å². The Bertz CT molecular complexity index is 213. The Morgan fingerprint density at radius 1 is 1.50 bits per heavy atom. The summed E-state index contributed by atoms with van der Waals surface area (Å²) >= 11 is 0. The van der Waals surface area contributed by atoms with Gasteiger partial charge in [0.25, 0.3) is 0 Å². The maximum atomic E-state index is 11.5. The highest BCUT2D eigenvalue weighted by atomic mass is 16.2. The predicted molar refractivity (Wildman–Crippen MR) is 46.6 cm³/mol. The Morgan fingerprint density at radius 3 is 2.92 bits per heavy atom. The van der Waals surface area contributed by atoms with E-state index in [9.17, 15) is 4.79 Å². The van der Waals surface area contributed by atoms with E-state index in [4.69, 9.17) is 0 Å². The van der Waals surface area contributed by atoms with Crippen molar-refractivity contribution in [2.24, 2.45) is 0 Å². The van der Waals surface area contributed by atoms with Gasteiger partial charge in [-0.25, -0.2) is 4.79 Å². The number of carbonyl (C=O) groups is 1. The zero-order valence-corrected chi connectivity index (χ0v) is 7.42. The summed E-state index contributed by atoms with van der Waals surface area (Å²) in [4.78, 5) is 15.2. The van der Waals surface area contributed by atoms with Gasteiger partial charge in [0.15, 0.2) is 0 Å². The minimum Gasteiger partial charge on any atom is -0.316 e. The normalized spacial score (nSPS) is 29.6. The molecule has 0 spiro atoms. The summed E-state index contributed by atoms with van der Waals surface area (Å²) in [5.41, 5.74) is 0.972. The van der Waals surface area contributed by atoms with Crippen LogP contribution in [0.4, 0.5) is 4.79 Å². The molecule has 0 N–H and O–H groups in total. The molecule has 3 nitrogen and oxygen atoms in total. The fourth-order valence-electron chi connectivity index (χ4n) is 2.05. The van der Waals surface area contributed by atoms with Gasteiger partial charge in [-0.2, -0.15) is 0 Å². The number of urea groups is 1. The van der Waals surface area contributed by atoms with Crippen LogP contribution in [0.1, 0.15) is 19.3 Å². The summed E-state index contributed by atoms with van der Waals surface area (Å²) in [5.74, 6) is 0. The Labute approximate surface area is 72.6 Å². The number of nitrogens with zero attached hydrogens (tertiary/aromatic N) is 2. The van der Waals surface area contributed by atoms with E-state index in [-0.39, 0.29) is 6.03 Å². The Morgan fingerprint density at radius 2 is 2.25 bits per heavy atom. The van der Waals surface area contributed by atoms with Crippen molar-refractivity contribution < 1.29 is 4.79 Å².